The van der Waals surface area contributed by atoms with Crippen molar-refractivity contribution < 1.29 is 14.5 Å². The third-order valence-corrected chi connectivity index (χ3v) is 3.22. The number of ether oxygens (including phenoxy) is 1. The lowest BCUT2D eigenvalue weighted by molar-refractivity contribution is -0.385. The van der Waals surface area contributed by atoms with E-state index in [9.17, 15) is 14.9 Å². The number of nitrogens with zero attached hydrogens (tertiary/aromatic N) is 2. The van der Waals surface area contributed by atoms with Crippen molar-refractivity contribution in [1.82, 2.24) is 4.90 Å². The van der Waals surface area contributed by atoms with Crippen LogP contribution in [0.15, 0.2) is 18.2 Å². The molecule has 0 amide bonds. The molecule has 0 aliphatic heterocycles. The molecule has 21 heavy (non-hydrogen) atoms. The average molecular weight is 315 g/mol. The summed E-state index contributed by atoms with van der Waals surface area (Å²) in [6, 6.07) is 4.58. The van der Waals surface area contributed by atoms with Crippen LogP contribution in [0.4, 0.5) is 5.69 Å². The van der Waals surface area contributed by atoms with Gasteiger partial charge in [-0.15, -0.1) is 0 Å². The molecule has 0 bridgehead atoms. The summed E-state index contributed by atoms with van der Waals surface area (Å²) in [4.78, 5) is 24.0. The van der Waals surface area contributed by atoms with Gasteiger partial charge < -0.3 is 4.74 Å². The molecule has 1 aromatic rings. The summed E-state index contributed by atoms with van der Waals surface area (Å²) in [6.45, 7) is 6.25. The smallest absolute Gasteiger partial charge is 0.320 e. The lowest BCUT2D eigenvalue weighted by Crippen LogP contribution is -2.36. The normalized spacial score (nSPS) is 11.0. The van der Waals surface area contributed by atoms with Gasteiger partial charge in [0.05, 0.1) is 18.1 Å². The van der Waals surface area contributed by atoms with Crippen molar-refractivity contribution in [3.05, 3.63) is 38.9 Å². The van der Waals surface area contributed by atoms with Gasteiger partial charge in [-0.3, -0.25) is 19.8 Å². The minimum absolute atomic E-state index is 0.0444. The number of hydrogen-bond acceptors (Lipinski definition) is 5. The molecule has 0 aliphatic rings. The molecular formula is C14H19ClN2O4. The van der Waals surface area contributed by atoms with Crippen molar-refractivity contribution in [2.24, 2.45) is 0 Å². The summed E-state index contributed by atoms with van der Waals surface area (Å²) >= 11 is 5.79. The zero-order valence-corrected chi connectivity index (χ0v) is 13.1. The Morgan fingerprint density at radius 1 is 1.48 bits per heavy atom. The first-order chi connectivity index (χ1) is 9.85. The lowest BCUT2D eigenvalue weighted by atomic mass is 10.1. The molecule has 0 aromatic heterocycles. The van der Waals surface area contributed by atoms with Crippen LogP contribution >= 0.6 is 11.6 Å². The van der Waals surface area contributed by atoms with Gasteiger partial charge in [-0.05, 0) is 32.9 Å². The zero-order chi connectivity index (χ0) is 16.0. The second-order valence-corrected chi connectivity index (χ2v) is 5.27. The predicted octanol–water partition coefficient (Wildman–Crippen LogP) is 3.02. The molecule has 0 N–H and O–H groups in total. The number of rotatable bonds is 7. The van der Waals surface area contributed by atoms with Gasteiger partial charge in [0.15, 0.2) is 0 Å². The molecule has 0 heterocycles. The summed E-state index contributed by atoms with van der Waals surface area (Å²) in [5, 5.41) is 11.4. The molecule has 0 aliphatic carbocycles. The van der Waals surface area contributed by atoms with Gasteiger partial charge in [0, 0.05) is 29.2 Å². The number of nitro groups is 1. The van der Waals surface area contributed by atoms with E-state index < -0.39 is 4.92 Å². The highest BCUT2D eigenvalue weighted by atomic mass is 35.5. The number of hydrogen-bond donors (Lipinski definition) is 0. The standard InChI is InChI=1S/C14H19ClN2O4/c1-4-21-14(18)9-16(10(2)3)8-11-5-6-12(15)7-13(11)17(19)20/h5-7,10H,4,8-9H2,1-3H3. The van der Waals surface area contributed by atoms with Gasteiger partial charge in [-0.2, -0.15) is 0 Å². The van der Waals surface area contributed by atoms with Crippen LogP contribution in [0.1, 0.15) is 26.3 Å². The number of nitro benzene ring substituents is 1. The van der Waals surface area contributed by atoms with Crippen LogP contribution in [0.5, 0.6) is 0 Å². The molecule has 0 fully saturated rings. The number of carbonyl (C=O) groups excluding carboxylic acids is 1. The van der Waals surface area contributed by atoms with Gasteiger partial charge in [0.2, 0.25) is 0 Å². The van der Waals surface area contributed by atoms with E-state index in [4.69, 9.17) is 16.3 Å². The van der Waals surface area contributed by atoms with Crippen molar-refractivity contribution in [2.75, 3.05) is 13.2 Å². The Kier molecular flexibility index (Phi) is 6.58. The lowest BCUT2D eigenvalue weighted by Gasteiger charge is -2.25. The first kappa shape index (κ1) is 17.4. The second kappa shape index (κ2) is 7.95. The van der Waals surface area contributed by atoms with Gasteiger partial charge in [-0.1, -0.05) is 11.6 Å². The van der Waals surface area contributed by atoms with E-state index in [2.05, 4.69) is 0 Å². The Bertz CT molecular complexity index is 520. The summed E-state index contributed by atoms with van der Waals surface area (Å²) in [6.07, 6.45) is 0. The van der Waals surface area contributed by atoms with Gasteiger partial charge in [0.25, 0.3) is 5.69 Å². The summed E-state index contributed by atoms with van der Waals surface area (Å²) in [5.41, 5.74) is 0.472. The summed E-state index contributed by atoms with van der Waals surface area (Å²) in [7, 11) is 0. The summed E-state index contributed by atoms with van der Waals surface area (Å²) < 4.78 is 4.92. The van der Waals surface area contributed by atoms with Crippen molar-refractivity contribution in [3.63, 3.8) is 0 Å². The average Bonchev–Trinajstić information content (AvgIpc) is 2.39. The monoisotopic (exact) mass is 314 g/mol. The fraction of sp³-hybridized carbons (Fsp3) is 0.500. The van der Waals surface area contributed by atoms with E-state index >= 15 is 0 Å². The van der Waals surface area contributed by atoms with Gasteiger partial charge in [-0.25, -0.2) is 0 Å². The Balaban J connectivity index is 2.94. The fourth-order valence-electron chi connectivity index (χ4n) is 1.85. The molecule has 1 rings (SSSR count). The van der Waals surface area contributed by atoms with E-state index in [1.165, 1.54) is 6.07 Å². The maximum absolute atomic E-state index is 11.6. The predicted molar refractivity (Wildman–Crippen MR) is 80.3 cm³/mol. The number of benzene rings is 1. The Morgan fingerprint density at radius 2 is 2.14 bits per heavy atom. The molecule has 1 aromatic carbocycles. The minimum atomic E-state index is -0.468. The molecule has 0 unspecified atom stereocenters. The SMILES string of the molecule is CCOC(=O)CN(Cc1ccc(Cl)cc1[N+](=O)[O-])C(C)C. The Hall–Kier alpha value is -1.66. The highest BCUT2D eigenvalue weighted by Gasteiger charge is 2.21. The Morgan fingerprint density at radius 3 is 2.67 bits per heavy atom. The molecular weight excluding hydrogens is 296 g/mol. The van der Waals surface area contributed by atoms with Crippen LogP contribution in [0, 0.1) is 10.1 Å². The van der Waals surface area contributed by atoms with Crippen molar-refractivity contribution >= 4 is 23.3 Å². The molecule has 0 saturated heterocycles. The molecule has 7 heteroatoms. The highest BCUT2D eigenvalue weighted by Crippen LogP contribution is 2.25. The van der Waals surface area contributed by atoms with Crippen LogP contribution in [0.3, 0.4) is 0 Å². The molecule has 0 atom stereocenters. The quantitative estimate of drug-likeness (QED) is 0.439. The van der Waals surface area contributed by atoms with Crippen LogP contribution in [-0.4, -0.2) is 35.0 Å². The number of esters is 1. The molecule has 116 valence electrons. The fourth-order valence-corrected chi connectivity index (χ4v) is 2.02. The maximum Gasteiger partial charge on any atom is 0.320 e. The number of carbonyl (C=O) groups is 1. The maximum atomic E-state index is 11.6. The highest BCUT2D eigenvalue weighted by molar-refractivity contribution is 6.30. The topological polar surface area (TPSA) is 72.7 Å². The van der Waals surface area contributed by atoms with E-state index in [1.807, 2.05) is 18.7 Å². The van der Waals surface area contributed by atoms with Crippen LogP contribution in [0.2, 0.25) is 5.02 Å². The van der Waals surface area contributed by atoms with Crippen molar-refractivity contribution in [3.8, 4) is 0 Å². The van der Waals surface area contributed by atoms with Crippen LogP contribution in [-0.2, 0) is 16.1 Å². The first-order valence-electron chi connectivity index (χ1n) is 6.67. The van der Waals surface area contributed by atoms with E-state index in [-0.39, 0.29) is 30.8 Å². The van der Waals surface area contributed by atoms with Gasteiger partial charge in [0.1, 0.15) is 0 Å². The van der Waals surface area contributed by atoms with Gasteiger partial charge >= 0.3 is 5.97 Å². The second-order valence-electron chi connectivity index (χ2n) is 4.83. The largest absolute Gasteiger partial charge is 0.465 e. The van der Waals surface area contributed by atoms with Crippen LogP contribution in [0.25, 0.3) is 0 Å². The minimum Gasteiger partial charge on any atom is -0.465 e. The van der Waals surface area contributed by atoms with Crippen LogP contribution < -0.4 is 0 Å². The first-order valence-corrected chi connectivity index (χ1v) is 7.05. The van der Waals surface area contributed by atoms with Crippen molar-refractivity contribution in [2.45, 2.75) is 33.4 Å². The van der Waals surface area contributed by atoms with E-state index in [0.717, 1.165) is 0 Å². The summed E-state index contributed by atoms with van der Waals surface area (Å²) in [5.74, 6) is -0.345. The Labute approximate surface area is 128 Å². The molecule has 0 radical (unpaired) electrons. The molecule has 6 nitrogen and oxygen atoms in total. The van der Waals surface area contributed by atoms with Crippen molar-refractivity contribution in [1.29, 1.82) is 0 Å². The zero-order valence-electron chi connectivity index (χ0n) is 12.3. The van der Waals surface area contributed by atoms with E-state index in [0.29, 0.717) is 17.2 Å². The molecule has 0 saturated carbocycles. The van der Waals surface area contributed by atoms with E-state index in [1.54, 1.807) is 19.1 Å². The number of halogens is 1. The third kappa shape index (κ3) is 5.32. The third-order valence-electron chi connectivity index (χ3n) is 2.99. The molecule has 0 spiro atoms.